The smallest absolute Gasteiger partial charge is 0.168 e. The van der Waals surface area contributed by atoms with Gasteiger partial charge in [0, 0.05) is 11.8 Å². The van der Waals surface area contributed by atoms with Crippen molar-refractivity contribution < 1.29 is 13.6 Å². The van der Waals surface area contributed by atoms with Crippen LogP contribution in [0.1, 0.15) is 60.1 Å². The molecule has 2 aromatic rings. The van der Waals surface area contributed by atoms with Gasteiger partial charge in [0.1, 0.15) is 5.69 Å². The third kappa shape index (κ3) is 3.16. The van der Waals surface area contributed by atoms with E-state index in [1.54, 1.807) is 6.20 Å². The van der Waals surface area contributed by atoms with E-state index in [9.17, 15) is 13.6 Å². The highest BCUT2D eigenvalue weighted by Crippen LogP contribution is 2.39. The fourth-order valence-electron chi connectivity index (χ4n) is 3.54. The third-order valence-electron chi connectivity index (χ3n) is 4.59. The maximum Gasteiger partial charge on any atom is 0.168 e. The Kier molecular flexibility index (Phi) is 4.88. The van der Waals surface area contributed by atoms with E-state index in [0.717, 1.165) is 67.3 Å². The molecule has 0 amide bonds. The molecule has 1 heterocycles. The minimum Gasteiger partial charge on any atom is -0.354 e. The second kappa shape index (κ2) is 7.07. The number of aldehydes is 1. The van der Waals surface area contributed by atoms with Gasteiger partial charge < -0.3 is 5.32 Å². The van der Waals surface area contributed by atoms with Crippen LogP contribution >= 0.6 is 0 Å². The molecule has 0 radical (unpaired) electrons. The van der Waals surface area contributed by atoms with Crippen LogP contribution in [0.3, 0.4) is 0 Å². The van der Waals surface area contributed by atoms with Crippen molar-refractivity contribution in [2.75, 3.05) is 5.32 Å². The molecule has 1 aromatic carbocycles. The molecule has 1 aliphatic rings. The van der Waals surface area contributed by atoms with Gasteiger partial charge in [0.25, 0.3) is 0 Å². The first-order valence-corrected chi connectivity index (χ1v) is 8.33. The summed E-state index contributed by atoms with van der Waals surface area (Å²) in [7, 11) is 0. The van der Waals surface area contributed by atoms with Gasteiger partial charge in [-0.2, -0.15) is 0 Å². The predicted molar refractivity (Wildman–Crippen MR) is 89.9 cm³/mol. The summed E-state index contributed by atoms with van der Waals surface area (Å²) in [5.41, 5.74) is 3.82. The van der Waals surface area contributed by atoms with Gasteiger partial charge in [-0.3, -0.25) is 9.78 Å². The molecule has 0 saturated heterocycles. The Morgan fingerprint density at radius 3 is 2.88 bits per heavy atom. The number of nitrogens with zero attached hydrogens (tertiary/aromatic N) is 1. The molecule has 1 N–H and O–H groups in total. The van der Waals surface area contributed by atoms with Crippen LogP contribution in [0.4, 0.5) is 20.2 Å². The fraction of sp³-hybridized carbons (Fsp3) is 0.368. The second-order valence-corrected chi connectivity index (χ2v) is 6.20. The van der Waals surface area contributed by atoms with E-state index >= 15 is 0 Å². The minimum absolute atomic E-state index is 0.332. The number of nitrogens with one attached hydrogen (secondary N) is 1. The van der Waals surface area contributed by atoms with Crippen LogP contribution in [0.15, 0.2) is 24.4 Å². The van der Waals surface area contributed by atoms with Crippen LogP contribution in [0.2, 0.25) is 0 Å². The average Bonchev–Trinajstić information content (AvgIpc) is 2.59. The monoisotopic (exact) mass is 330 g/mol. The van der Waals surface area contributed by atoms with E-state index in [0.29, 0.717) is 17.3 Å². The molecule has 0 saturated carbocycles. The lowest BCUT2D eigenvalue weighted by molar-refractivity contribution is 0.111. The third-order valence-corrected chi connectivity index (χ3v) is 4.59. The molecule has 126 valence electrons. The van der Waals surface area contributed by atoms with Crippen LogP contribution in [0.5, 0.6) is 0 Å². The molecule has 5 heteroatoms. The first-order chi connectivity index (χ1) is 11.6. The van der Waals surface area contributed by atoms with Crippen molar-refractivity contribution in [3.63, 3.8) is 0 Å². The SMILES string of the molecule is CCCC1CCCc2c(Nc3ccc(F)c(F)c3)cnc(C=O)c21. The standard InChI is InChI=1S/C19H20F2N2O/c1-2-4-12-5-3-6-14-17(10-22-18(11-24)19(12)14)23-13-7-8-15(20)16(21)9-13/h7-12,23H,2-6H2,1H3. The zero-order chi connectivity index (χ0) is 17.1. The maximum absolute atomic E-state index is 13.4. The summed E-state index contributed by atoms with van der Waals surface area (Å²) in [6.07, 6.45) is 7.44. The lowest BCUT2D eigenvalue weighted by Crippen LogP contribution is -2.16. The number of benzene rings is 1. The van der Waals surface area contributed by atoms with Crippen LogP contribution < -0.4 is 5.32 Å². The lowest BCUT2D eigenvalue weighted by atomic mass is 9.79. The summed E-state index contributed by atoms with van der Waals surface area (Å²) in [6.45, 7) is 2.13. The normalized spacial score (nSPS) is 16.5. The first-order valence-electron chi connectivity index (χ1n) is 8.33. The van der Waals surface area contributed by atoms with Crippen molar-refractivity contribution in [2.24, 2.45) is 0 Å². The summed E-state index contributed by atoms with van der Waals surface area (Å²) in [5, 5.41) is 3.13. The summed E-state index contributed by atoms with van der Waals surface area (Å²) in [4.78, 5) is 15.7. The van der Waals surface area contributed by atoms with Crippen molar-refractivity contribution >= 4 is 17.7 Å². The van der Waals surface area contributed by atoms with E-state index in [4.69, 9.17) is 0 Å². The van der Waals surface area contributed by atoms with Gasteiger partial charge >= 0.3 is 0 Å². The van der Waals surface area contributed by atoms with Gasteiger partial charge in [0.15, 0.2) is 17.9 Å². The van der Waals surface area contributed by atoms with E-state index in [1.807, 2.05) is 0 Å². The first kappa shape index (κ1) is 16.6. The number of hydrogen-bond acceptors (Lipinski definition) is 3. The number of hydrogen-bond donors (Lipinski definition) is 1. The van der Waals surface area contributed by atoms with Gasteiger partial charge in [-0.1, -0.05) is 13.3 Å². The fourth-order valence-corrected chi connectivity index (χ4v) is 3.54. The maximum atomic E-state index is 13.4. The number of pyridine rings is 1. The van der Waals surface area contributed by atoms with Crippen molar-refractivity contribution in [3.8, 4) is 0 Å². The summed E-state index contributed by atoms with van der Waals surface area (Å²) >= 11 is 0. The largest absolute Gasteiger partial charge is 0.354 e. The van der Waals surface area contributed by atoms with Crippen LogP contribution in [-0.2, 0) is 6.42 Å². The molecule has 1 unspecified atom stereocenters. The van der Waals surface area contributed by atoms with E-state index < -0.39 is 11.6 Å². The molecule has 3 rings (SSSR count). The number of carbonyl (C=O) groups is 1. The van der Waals surface area contributed by atoms with Gasteiger partial charge in [-0.15, -0.1) is 0 Å². The van der Waals surface area contributed by atoms with Crippen molar-refractivity contribution in [2.45, 2.75) is 44.9 Å². The molecule has 1 aromatic heterocycles. The topological polar surface area (TPSA) is 42.0 Å². The van der Waals surface area contributed by atoms with E-state index in [2.05, 4.69) is 17.2 Å². The number of rotatable bonds is 5. The highest BCUT2D eigenvalue weighted by Gasteiger charge is 2.26. The Bertz CT molecular complexity index is 761. The zero-order valence-corrected chi connectivity index (χ0v) is 13.6. The van der Waals surface area contributed by atoms with Gasteiger partial charge in [0.05, 0.1) is 11.9 Å². The minimum atomic E-state index is -0.893. The molecular formula is C19H20F2N2O. The molecule has 1 aliphatic carbocycles. The van der Waals surface area contributed by atoms with Gasteiger partial charge in [-0.25, -0.2) is 8.78 Å². The zero-order valence-electron chi connectivity index (χ0n) is 13.6. The second-order valence-electron chi connectivity index (χ2n) is 6.20. The van der Waals surface area contributed by atoms with Crippen LogP contribution in [0, 0.1) is 11.6 Å². The predicted octanol–water partition coefficient (Wildman–Crippen LogP) is 5.14. The average molecular weight is 330 g/mol. The van der Waals surface area contributed by atoms with Crippen molar-refractivity contribution in [3.05, 3.63) is 52.9 Å². The Morgan fingerprint density at radius 1 is 1.33 bits per heavy atom. The molecule has 0 aliphatic heterocycles. The summed E-state index contributed by atoms with van der Waals surface area (Å²) in [5.74, 6) is -1.44. The van der Waals surface area contributed by atoms with Gasteiger partial charge in [-0.05, 0) is 54.9 Å². The number of fused-ring (bicyclic) bond motifs is 1. The molecular weight excluding hydrogens is 310 g/mol. The van der Waals surface area contributed by atoms with Crippen LogP contribution in [0.25, 0.3) is 0 Å². The highest BCUT2D eigenvalue weighted by molar-refractivity contribution is 5.78. The Labute approximate surface area is 140 Å². The molecule has 0 bridgehead atoms. The number of halogens is 2. The van der Waals surface area contributed by atoms with Crippen LogP contribution in [-0.4, -0.2) is 11.3 Å². The van der Waals surface area contributed by atoms with Crippen molar-refractivity contribution in [1.82, 2.24) is 4.98 Å². The molecule has 3 nitrogen and oxygen atoms in total. The summed E-state index contributed by atoms with van der Waals surface area (Å²) < 4.78 is 26.5. The quantitative estimate of drug-likeness (QED) is 0.772. The number of carbonyl (C=O) groups excluding carboxylic acids is 1. The Hall–Kier alpha value is -2.30. The molecule has 24 heavy (non-hydrogen) atoms. The van der Waals surface area contributed by atoms with Gasteiger partial charge in [0.2, 0.25) is 0 Å². The Morgan fingerprint density at radius 2 is 2.17 bits per heavy atom. The molecule has 0 spiro atoms. The number of aromatic nitrogens is 1. The lowest BCUT2D eigenvalue weighted by Gasteiger charge is -2.28. The molecule has 0 fully saturated rings. The van der Waals surface area contributed by atoms with Crippen molar-refractivity contribution in [1.29, 1.82) is 0 Å². The summed E-state index contributed by atoms with van der Waals surface area (Å²) in [6, 6.07) is 3.71. The molecule has 1 atom stereocenters. The highest BCUT2D eigenvalue weighted by atomic mass is 19.2. The Balaban J connectivity index is 2.01. The van der Waals surface area contributed by atoms with E-state index in [1.165, 1.54) is 6.07 Å². The van der Waals surface area contributed by atoms with E-state index in [-0.39, 0.29) is 0 Å². The number of anilines is 2.